The highest BCUT2D eigenvalue weighted by Gasteiger charge is 2.31. The lowest BCUT2D eigenvalue weighted by atomic mass is 9.97. The molecule has 0 aliphatic carbocycles. The number of carbonyl (C=O) groups excluding carboxylic acids is 1. The molecule has 1 aliphatic heterocycles. The molecule has 134 valence electrons. The Balaban J connectivity index is 1.94. The van der Waals surface area contributed by atoms with E-state index in [1.807, 2.05) is 0 Å². The summed E-state index contributed by atoms with van der Waals surface area (Å²) in [7, 11) is -2.02. The Bertz CT molecular complexity index is 637. The average molecular weight is 356 g/mol. The number of sulfonamides is 1. The third-order valence-electron chi connectivity index (χ3n) is 4.16. The molecule has 2 rings (SSSR count). The first-order valence-electron chi connectivity index (χ1n) is 8.02. The lowest BCUT2D eigenvalue weighted by molar-refractivity contribution is -0.126. The van der Waals surface area contributed by atoms with Crippen LogP contribution >= 0.6 is 0 Å². The van der Waals surface area contributed by atoms with Crippen molar-refractivity contribution < 1.29 is 23.1 Å². The number of nitrogens with one attached hydrogen (secondary N) is 1. The summed E-state index contributed by atoms with van der Waals surface area (Å²) >= 11 is 0. The fraction of sp³-hybridized carbons (Fsp3) is 0.562. The van der Waals surface area contributed by atoms with Gasteiger partial charge < -0.3 is 15.2 Å². The van der Waals surface area contributed by atoms with Crippen LogP contribution in [0.3, 0.4) is 0 Å². The molecule has 0 bridgehead atoms. The molecule has 0 spiro atoms. The Labute approximate surface area is 142 Å². The average Bonchev–Trinajstić information content (AvgIpc) is 2.62. The van der Waals surface area contributed by atoms with E-state index in [-0.39, 0.29) is 23.3 Å². The van der Waals surface area contributed by atoms with Crippen LogP contribution in [0.25, 0.3) is 0 Å². The molecule has 1 aromatic carbocycles. The number of carbonyl (C=O) groups is 1. The third kappa shape index (κ3) is 4.46. The van der Waals surface area contributed by atoms with Crippen molar-refractivity contribution in [2.45, 2.75) is 24.2 Å². The number of piperidine rings is 1. The standard InChI is InChI=1S/C16H24N2O5S/c1-23-14-3-5-15(6-4-14)24(21,22)18-10-7-13(8-11-18)16(20)17-9-2-12-19/h3-6,13,19H,2,7-12H2,1H3,(H,17,20). The summed E-state index contributed by atoms with van der Waals surface area (Å²) in [5.41, 5.74) is 0. The van der Waals surface area contributed by atoms with E-state index in [2.05, 4.69) is 5.32 Å². The number of hydrogen-bond acceptors (Lipinski definition) is 5. The summed E-state index contributed by atoms with van der Waals surface area (Å²) in [6, 6.07) is 6.30. The highest BCUT2D eigenvalue weighted by molar-refractivity contribution is 7.89. The van der Waals surface area contributed by atoms with Gasteiger partial charge in [0.15, 0.2) is 0 Å². The maximum absolute atomic E-state index is 12.6. The van der Waals surface area contributed by atoms with E-state index in [0.717, 1.165) is 0 Å². The van der Waals surface area contributed by atoms with Crippen LogP contribution in [0.2, 0.25) is 0 Å². The second-order valence-electron chi connectivity index (χ2n) is 5.72. The Morgan fingerprint density at radius 1 is 1.29 bits per heavy atom. The molecule has 1 saturated heterocycles. The number of hydrogen-bond donors (Lipinski definition) is 2. The van der Waals surface area contributed by atoms with E-state index in [1.54, 1.807) is 12.1 Å². The smallest absolute Gasteiger partial charge is 0.243 e. The number of benzene rings is 1. The van der Waals surface area contributed by atoms with Gasteiger partial charge in [-0.2, -0.15) is 4.31 Å². The van der Waals surface area contributed by atoms with Crippen molar-refractivity contribution in [3.05, 3.63) is 24.3 Å². The maximum Gasteiger partial charge on any atom is 0.243 e. The molecule has 0 aromatic heterocycles. The fourth-order valence-electron chi connectivity index (χ4n) is 2.69. The van der Waals surface area contributed by atoms with Crippen LogP contribution in [0.1, 0.15) is 19.3 Å². The van der Waals surface area contributed by atoms with E-state index in [1.165, 1.54) is 23.5 Å². The molecule has 2 N–H and O–H groups in total. The van der Waals surface area contributed by atoms with Gasteiger partial charge in [0, 0.05) is 32.2 Å². The quantitative estimate of drug-likeness (QED) is 0.697. The fourth-order valence-corrected chi connectivity index (χ4v) is 4.16. The van der Waals surface area contributed by atoms with E-state index in [0.29, 0.717) is 44.6 Å². The summed E-state index contributed by atoms with van der Waals surface area (Å²) in [6.07, 6.45) is 1.52. The molecule has 1 aliphatic rings. The summed E-state index contributed by atoms with van der Waals surface area (Å²) in [5.74, 6) is 0.364. The van der Waals surface area contributed by atoms with Crippen molar-refractivity contribution in [1.29, 1.82) is 0 Å². The van der Waals surface area contributed by atoms with Crippen LogP contribution in [0.4, 0.5) is 0 Å². The molecular formula is C16H24N2O5S. The number of methoxy groups -OCH3 is 1. The summed E-state index contributed by atoms with van der Waals surface area (Å²) < 4.78 is 31.7. The highest BCUT2D eigenvalue weighted by Crippen LogP contribution is 2.25. The van der Waals surface area contributed by atoms with Crippen LogP contribution in [0.5, 0.6) is 5.75 Å². The first-order chi connectivity index (χ1) is 11.5. The van der Waals surface area contributed by atoms with Gasteiger partial charge in [-0.25, -0.2) is 8.42 Å². The molecular weight excluding hydrogens is 332 g/mol. The number of rotatable bonds is 7. The third-order valence-corrected chi connectivity index (χ3v) is 6.07. The zero-order valence-corrected chi connectivity index (χ0v) is 14.6. The minimum atomic E-state index is -3.54. The van der Waals surface area contributed by atoms with Gasteiger partial charge in [0.1, 0.15) is 5.75 Å². The normalized spacial score (nSPS) is 16.8. The minimum Gasteiger partial charge on any atom is -0.497 e. The van der Waals surface area contributed by atoms with Gasteiger partial charge in [0.2, 0.25) is 15.9 Å². The van der Waals surface area contributed by atoms with Gasteiger partial charge in [-0.1, -0.05) is 0 Å². The van der Waals surface area contributed by atoms with Crippen molar-refractivity contribution >= 4 is 15.9 Å². The number of amides is 1. The molecule has 1 aromatic rings. The highest BCUT2D eigenvalue weighted by atomic mass is 32.2. The first-order valence-corrected chi connectivity index (χ1v) is 9.46. The predicted molar refractivity (Wildman–Crippen MR) is 89.2 cm³/mol. The number of aliphatic hydroxyl groups is 1. The summed E-state index contributed by atoms with van der Waals surface area (Å²) in [5, 5.41) is 11.5. The zero-order chi connectivity index (χ0) is 17.6. The van der Waals surface area contributed by atoms with Gasteiger partial charge in [-0.3, -0.25) is 4.79 Å². The second-order valence-corrected chi connectivity index (χ2v) is 7.66. The molecule has 1 amide bonds. The van der Waals surface area contributed by atoms with Crippen molar-refractivity contribution in [1.82, 2.24) is 9.62 Å². The van der Waals surface area contributed by atoms with Crippen LogP contribution in [0.15, 0.2) is 29.2 Å². The largest absolute Gasteiger partial charge is 0.497 e. The molecule has 0 saturated carbocycles. The second kappa shape index (κ2) is 8.46. The van der Waals surface area contributed by atoms with E-state index >= 15 is 0 Å². The molecule has 0 atom stereocenters. The van der Waals surface area contributed by atoms with Gasteiger partial charge in [0.05, 0.1) is 12.0 Å². The molecule has 7 nitrogen and oxygen atoms in total. The van der Waals surface area contributed by atoms with Gasteiger partial charge in [-0.15, -0.1) is 0 Å². The molecule has 0 unspecified atom stereocenters. The lowest BCUT2D eigenvalue weighted by Crippen LogP contribution is -2.43. The van der Waals surface area contributed by atoms with Crippen LogP contribution < -0.4 is 10.1 Å². The van der Waals surface area contributed by atoms with Gasteiger partial charge in [-0.05, 0) is 43.5 Å². The Morgan fingerprint density at radius 2 is 1.92 bits per heavy atom. The van der Waals surface area contributed by atoms with E-state index in [4.69, 9.17) is 9.84 Å². The van der Waals surface area contributed by atoms with Crippen molar-refractivity contribution in [2.75, 3.05) is 33.4 Å². The summed E-state index contributed by atoms with van der Waals surface area (Å²) in [6.45, 7) is 1.14. The van der Waals surface area contributed by atoms with Crippen LogP contribution in [-0.4, -0.2) is 57.1 Å². The molecule has 24 heavy (non-hydrogen) atoms. The van der Waals surface area contributed by atoms with Gasteiger partial charge >= 0.3 is 0 Å². The van der Waals surface area contributed by atoms with E-state index in [9.17, 15) is 13.2 Å². The topological polar surface area (TPSA) is 95.9 Å². The minimum absolute atomic E-state index is 0.0405. The molecule has 1 heterocycles. The molecule has 0 radical (unpaired) electrons. The zero-order valence-electron chi connectivity index (χ0n) is 13.8. The number of aliphatic hydroxyl groups excluding tert-OH is 1. The first kappa shape index (κ1) is 18.7. The summed E-state index contributed by atoms with van der Waals surface area (Å²) in [4.78, 5) is 12.2. The van der Waals surface area contributed by atoms with Crippen molar-refractivity contribution in [2.24, 2.45) is 5.92 Å². The van der Waals surface area contributed by atoms with Crippen LogP contribution in [0, 0.1) is 5.92 Å². The van der Waals surface area contributed by atoms with E-state index < -0.39 is 10.0 Å². The predicted octanol–water partition coefficient (Wildman–Crippen LogP) is 0.595. The number of ether oxygens (including phenoxy) is 1. The Morgan fingerprint density at radius 3 is 2.46 bits per heavy atom. The van der Waals surface area contributed by atoms with Crippen molar-refractivity contribution in [3.63, 3.8) is 0 Å². The Hall–Kier alpha value is -1.64. The SMILES string of the molecule is COc1ccc(S(=O)(=O)N2CCC(C(=O)NCCCO)CC2)cc1. The number of nitrogens with zero attached hydrogens (tertiary/aromatic N) is 1. The monoisotopic (exact) mass is 356 g/mol. The molecule has 1 fully saturated rings. The lowest BCUT2D eigenvalue weighted by Gasteiger charge is -2.30. The maximum atomic E-state index is 12.6. The van der Waals surface area contributed by atoms with Gasteiger partial charge in [0.25, 0.3) is 0 Å². The van der Waals surface area contributed by atoms with Crippen LogP contribution in [-0.2, 0) is 14.8 Å². The van der Waals surface area contributed by atoms with Crippen molar-refractivity contribution in [3.8, 4) is 5.75 Å². The molecule has 8 heteroatoms. The Kier molecular flexibility index (Phi) is 6.59.